The number of nitrogen functional groups attached to an aromatic ring is 1. The van der Waals surface area contributed by atoms with Crippen molar-refractivity contribution in [3.8, 4) is 22.8 Å². The van der Waals surface area contributed by atoms with Crippen molar-refractivity contribution in [2.75, 3.05) is 19.3 Å². The number of aryl methyl sites for hydroxylation is 1. The van der Waals surface area contributed by atoms with Gasteiger partial charge in [-0.3, -0.25) is 4.79 Å². The summed E-state index contributed by atoms with van der Waals surface area (Å²) < 4.78 is 7.33. The first-order chi connectivity index (χ1) is 16.0. The highest BCUT2D eigenvalue weighted by molar-refractivity contribution is 5.99. The Morgan fingerprint density at radius 3 is 2.91 bits per heavy atom. The number of ketones is 1. The van der Waals surface area contributed by atoms with Crippen LogP contribution < -0.4 is 5.73 Å². The molecule has 0 spiro atoms. The first kappa shape index (κ1) is 21.3. The van der Waals surface area contributed by atoms with Crippen molar-refractivity contribution < 1.29 is 9.21 Å². The molecule has 1 aliphatic rings. The Labute approximate surface area is 191 Å². The van der Waals surface area contributed by atoms with Crippen molar-refractivity contribution in [1.82, 2.24) is 29.5 Å². The zero-order chi connectivity index (χ0) is 22.9. The van der Waals surface area contributed by atoms with Gasteiger partial charge in [-0.2, -0.15) is 5.10 Å². The maximum Gasteiger partial charge on any atom is 0.247 e. The van der Waals surface area contributed by atoms with E-state index < -0.39 is 0 Å². The average molecular weight is 446 g/mol. The molecule has 1 saturated heterocycles. The van der Waals surface area contributed by atoms with Gasteiger partial charge in [0.05, 0.1) is 17.9 Å². The third-order valence-corrected chi connectivity index (χ3v) is 6.45. The van der Waals surface area contributed by atoms with Gasteiger partial charge >= 0.3 is 0 Å². The van der Waals surface area contributed by atoms with E-state index in [1.807, 2.05) is 29.0 Å². The lowest BCUT2D eigenvalue weighted by atomic mass is 10.0. The fourth-order valence-corrected chi connectivity index (χ4v) is 4.56. The smallest absolute Gasteiger partial charge is 0.247 e. The number of aromatic nitrogens is 5. The van der Waals surface area contributed by atoms with Gasteiger partial charge in [-0.15, -0.1) is 0 Å². The van der Waals surface area contributed by atoms with Crippen molar-refractivity contribution >= 4 is 17.1 Å². The van der Waals surface area contributed by atoms with Gasteiger partial charge in [0.15, 0.2) is 17.3 Å². The molecule has 5 heterocycles. The molecule has 0 aliphatic carbocycles. The minimum absolute atomic E-state index is 0.0939. The first-order valence-electron chi connectivity index (χ1n) is 11.3. The van der Waals surface area contributed by atoms with Crippen molar-refractivity contribution in [1.29, 1.82) is 0 Å². The molecule has 0 bridgehead atoms. The van der Waals surface area contributed by atoms with E-state index in [0.29, 0.717) is 29.7 Å². The van der Waals surface area contributed by atoms with E-state index >= 15 is 0 Å². The van der Waals surface area contributed by atoms with Crippen molar-refractivity contribution in [2.45, 2.75) is 45.1 Å². The summed E-state index contributed by atoms with van der Waals surface area (Å²) in [7, 11) is 2.11. The Bertz CT molecular complexity index is 1300. The summed E-state index contributed by atoms with van der Waals surface area (Å²) in [6.07, 6.45) is 11.1. The maximum absolute atomic E-state index is 13.1. The fraction of sp³-hybridized carbons (Fsp3) is 0.375. The van der Waals surface area contributed by atoms with Crippen molar-refractivity contribution in [3.63, 3.8) is 0 Å². The van der Waals surface area contributed by atoms with Gasteiger partial charge < -0.3 is 15.1 Å². The summed E-state index contributed by atoms with van der Waals surface area (Å²) in [6.45, 7) is 3.16. The number of hydrogen-bond acceptors (Lipinski definition) is 8. The van der Waals surface area contributed by atoms with Gasteiger partial charge in [0, 0.05) is 24.2 Å². The second-order valence-electron chi connectivity index (χ2n) is 8.50. The molecule has 1 fully saturated rings. The average Bonchev–Trinajstić information content (AvgIpc) is 3.58. The summed E-state index contributed by atoms with van der Waals surface area (Å²) in [4.78, 5) is 28.9. The Balaban J connectivity index is 1.56. The monoisotopic (exact) mass is 445 g/mol. The zero-order valence-corrected chi connectivity index (χ0v) is 18.9. The van der Waals surface area contributed by atoms with E-state index in [4.69, 9.17) is 15.1 Å². The highest BCUT2D eigenvalue weighted by atomic mass is 16.3. The molecular formula is C24H27N7O2. The van der Waals surface area contributed by atoms with Gasteiger partial charge in [-0.25, -0.2) is 19.5 Å². The number of oxazole rings is 1. The van der Waals surface area contributed by atoms with Crippen LogP contribution >= 0.6 is 0 Å². The third-order valence-electron chi connectivity index (χ3n) is 6.45. The van der Waals surface area contributed by atoms with Crippen LogP contribution in [0.15, 0.2) is 41.4 Å². The second kappa shape index (κ2) is 8.74. The number of anilines is 1. The molecule has 4 aromatic rings. The summed E-state index contributed by atoms with van der Waals surface area (Å²) in [5.41, 5.74) is 10.2. The number of likely N-dealkylation sites (tertiary alicyclic amines) is 1. The first-order valence-corrected chi connectivity index (χ1v) is 11.3. The minimum atomic E-state index is -0.0971. The van der Waals surface area contributed by atoms with E-state index in [1.54, 1.807) is 6.20 Å². The number of carbonyl (C=O) groups is 1. The number of nitrogens with zero attached hydrogens (tertiary/aromatic N) is 6. The normalized spacial score (nSPS) is 16.6. The van der Waals surface area contributed by atoms with Gasteiger partial charge in [0.25, 0.3) is 0 Å². The van der Waals surface area contributed by atoms with Crippen LogP contribution in [0.4, 0.5) is 5.82 Å². The minimum Gasteiger partial charge on any atom is -0.443 e. The largest absolute Gasteiger partial charge is 0.443 e. The summed E-state index contributed by atoms with van der Waals surface area (Å²) in [5, 5.41) is 4.40. The van der Waals surface area contributed by atoms with Gasteiger partial charge in [-0.05, 0) is 57.0 Å². The number of pyridine rings is 1. The van der Waals surface area contributed by atoms with Crippen LogP contribution in [-0.2, 0) is 6.42 Å². The lowest BCUT2D eigenvalue weighted by Crippen LogP contribution is -2.25. The van der Waals surface area contributed by atoms with Gasteiger partial charge in [0.1, 0.15) is 17.7 Å². The highest BCUT2D eigenvalue weighted by Crippen LogP contribution is 2.32. The molecule has 9 nitrogen and oxygen atoms in total. The molecule has 0 amide bonds. The van der Waals surface area contributed by atoms with Crippen LogP contribution in [-0.4, -0.2) is 54.9 Å². The molecule has 0 aromatic carbocycles. The van der Waals surface area contributed by atoms with Crippen molar-refractivity contribution in [3.05, 3.63) is 48.2 Å². The van der Waals surface area contributed by atoms with Gasteiger partial charge in [0.2, 0.25) is 5.89 Å². The predicted molar refractivity (Wildman–Crippen MR) is 125 cm³/mol. The highest BCUT2D eigenvalue weighted by Gasteiger charge is 2.25. The Morgan fingerprint density at radius 1 is 1.30 bits per heavy atom. The fourth-order valence-electron chi connectivity index (χ4n) is 4.56. The number of fused-ring (bicyclic) bond motifs is 1. The number of hydrogen-bond donors (Lipinski definition) is 1. The summed E-state index contributed by atoms with van der Waals surface area (Å²) >= 11 is 0. The van der Waals surface area contributed by atoms with E-state index in [2.05, 4.69) is 33.9 Å². The summed E-state index contributed by atoms with van der Waals surface area (Å²) in [6, 6.07) is 4.32. The Hall–Kier alpha value is -3.59. The molecule has 0 unspecified atom stereocenters. The molecule has 4 aromatic heterocycles. The van der Waals surface area contributed by atoms with E-state index in [1.165, 1.54) is 12.7 Å². The van der Waals surface area contributed by atoms with E-state index in [9.17, 15) is 4.79 Å². The zero-order valence-electron chi connectivity index (χ0n) is 18.9. The van der Waals surface area contributed by atoms with Crippen LogP contribution in [0.25, 0.3) is 28.4 Å². The van der Waals surface area contributed by atoms with Crippen molar-refractivity contribution in [2.24, 2.45) is 0 Å². The number of nitrogens with two attached hydrogens (primary N) is 1. The molecule has 2 N–H and O–H groups in total. The Morgan fingerprint density at radius 2 is 2.18 bits per heavy atom. The topological polar surface area (TPSA) is 115 Å². The lowest BCUT2D eigenvalue weighted by molar-refractivity contribution is 0.0966. The third kappa shape index (κ3) is 4.00. The molecule has 0 radical (unpaired) electrons. The van der Waals surface area contributed by atoms with Crippen LogP contribution in [0.2, 0.25) is 0 Å². The van der Waals surface area contributed by atoms with Crippen LogP contribution in [0.3, 0.4) is 0 Å². The molecule has 1 aliphatic heterocycles. The molecule has 5 rings (SSSR count). The SMILES string of the molecule is CCc1cnn2ccc(-c3nc(C(=O)CC[C@@H]4CCCN4C)c(N)nc3-c3ncco3)cc12. The molecule has 0 saturated carbocycles. The molecular weight excluding hydrogens is 418 g/mol. The summed E-state index contributed by atoms with van der Waals surface area (Å²) in [5.74, 6) is 0.302. The molecule has 9 heteroatoms. The van der Waals surface area contributed by atoms with Crippen LogP contribution in [0, 0.1) is 0 Å². The van der Waals surface area contributed by atoms with Gasteiger partial charge in [-0.1, -0.05) is 6.92 Å². The molecule has 1 atom stereocenters. The number of rotatable bonds is 7. The maximum atomic E-state index is 13.1. The number of Topliss-reactive ketones (excluding diaryl/α,β-unsaturated/α-hetero) is 1. The molecule has 33 heavy (non-hydrogen) atoms. The van der Waals surface area contributed by atoms with E-state index in [-0.39, 0.29) is 17.3 Å². The lowest BCUT2D eigenvalue weighted by Gasteiger charge is -2.18. The predicted octanol–water partition coefficient (Wildman–Crippen LogP) is 3.65. The molecule has 170 valence electrons. The second-order valence-corrected chi connectivity index (χ2v) is 8.50. The number of carbonyl (C=O) groups excluding carboxylic acids is 1. The Kier molecular flexibility index (Phi) is 5.63. The quantitative estimate of drug-likeness (QED) is 0.429. The van der Waals surface area contributed by atoms with Crippen LogP contribution in [0.1, 0.15) is 48.7 Å². The van der Waals surface area contributed by atoms with Crippen LogP contribution in [0.5, 0.6) is 0 Å². The van der Waals surface area contributed by atoms with E-state index in [0.717, 1.165) is 42.5 Å². The standard InChI is InChI=1S/C24H27N7O2/c1-3-15-14-27-31-11-8-16(13-18(15)31)20-22(24-26-9-12-33-24)29-23(25)21(28-20)19(32)7-6-17-5-4-10-30(17)2/h8-9,11-14,17H,3-7,10H2,1-2H3,(H2,25,29)/t17-/m0/s1.